The molecule has 1 aromatic heterocycles. The lowest BCUT2D eigenvalue weighted by Gasteiger charge is -2.28. The van der Waals surface area contributed by atoms with Gasteiger partial charge in [0.1, 0.15) is 0 Å². The third kappa shape index (κ3) is 4.91. The van der Waals surface area contributed by atoms with Crippen molar-refractivity contribution in [3.63, 3.8) is 0 Å². The van der Waals surface area contributed by atoms with Crippen molar-refractivity contribution in [2.75, 3.05) is 5.75 Å². The van der Waals surface area contributed by atoms with E-state index in [9.17, 15) is 20.5 Å². The summed E-state index contributed by atoms with van der Waals surface area (Å²) in [6, 6.07) is 21.5. The quantitative estimate of drug-likeness (QED) is 0.309. The molecule has 2 aromatic carbocycles. The molecule has 0 fully saturated rings. The Morgan fingerprint density at radius 2 is 1.54 bits per heavy atom. The van der Waals surface area contributed by atoms with E-state index in [1.807, 2.05) is 30.3 Å². The molecule has 3 rings (SSSR count). The molecule has 0 saturated heterocycles. The second-order valence-corrected chi connectivity index (χ2v) is 7.56. The fraction of sp³-hybridized carbons (Fsp3) is 0.227. The van der Waals surface area contributed by atoms with Gasteiger partial charge >= 0.3 is 0 Å². The number of pyridine rings is 1. The lowest BCUT2D eigenvalue weighted by atomic mass is 9.85. The number of hydrogen-bond acceptors (Lipinski definition) is 5. The van der Waals surface area contributed by atoms with Gasteiger partial charge in [0.05, 0.1) is 18.8 Å². The maximum atomic E-state index is 11.8. The summed E-state index contributed by atoms with van der Waals surface area (Å²) in [6.45, 7) is -0.0655. The predicted octanol–water partition coefficient (Wildman–Crippen LogP) is 2.78. The lowest BCUT2D eigenvalue weighted by Crippen LogP contribution is -2.30. The van der Waals surface area contributed by atoms with Crippen molar-refractivity contribution >= 4 is 11.8 Å². The summed E-state index contributed by atoms with van der Waals surface area (Å²) < 4.78 is 0.763. The van der Waals surface area contributed by atoms with Crippen molar-refractivity contribution in [1.82, 2.24) is 0 Å². The van der Waals surface area contributed by atoms with Gasteiger partial charge in [-0.15, -0.1) is 0 Å². The molecule has 0 bridgehead atoms. The van der Waals surface area contributed by atoms with Crippen LogP contribution in [0.5, 0.6) is 0 Å². The van der Waals surface area contributed by atoms with E-state index in [0.29, 0.717) is 10.6 Å². The van der Waals surface area contributed by atoms with Crippen molar-refractivity contribution in [2.45, 2.75) is 29.8 Å². The van der Waals surface area contributed by atoms with Gasteiger partial charge in [0.2, 0.25) is 0 Å². The third-order valence-electron chi connectivity index (χ3n) is 4.63. The number of rotatable bonds is 8. The molecule has 0 aliphatic carbocycles. The number of hydrogen-bond donors (Lipinski definition) is 3. The maximum Gasteiger partial charge on any atom is 0.251 e. The summed E-state index contributed by atoms with van der Waals surface area (Å²) in [7, 11) is 0. The van der Waals surface area contributed by atoms with Gasteiger partial charge < -0.3 is 20.5 Å². The van der Waals surface area contributed by atoms with E-state index in [-0.39, 0.29) is 12.4 Å². The summed E-state index contributed by atoms with van der Waals surface area (Å²) in [5.41, 5.74) is 2.23. The van der Waals surface area contributed by atoms with Gasteiger partial charge in [-0.05, 0) is 22.8 Å². The van der Waals surface area contributed by atoms with Crippen LogP contribution in [0.15, 0.2) is 84.0 Å². The van der Waals surface area contributed by atoms with E-state index in [1.165, 1.54) is 18.0 Å². The van der Waals surface area contributed by atoms with Crippen LogP contribution in [-0.2, 0) is 6.61 Å². The van der Waals surface area contributed by atoms with E-state index in [4.69, 9.17) is 0 Å². The first-order valence-corrected chi connectivity index (χ1v) is 10.0. The highest BCUT2D eigenvalue weighted by Gasteiger charge is 2.30. The minimum Gasteiger partial charge on any atom is -0.618 e. The molecular formula is C22H23NO4S. The van der Waals surface area contributed by atoms with Gasteiger partial charge in [-0.3, -0.25) is 0 Å². The summed E-state index contributed by atoms with van der Waals surface area (Å²) in [4.78, 5) is 0. The summed E-state index contributed by atoms with van der Waals surface area (Å²) in [6.07, 6.45) is -0.387. The number of benzene rings is 2. The van der Waals surface area contributed by atoms with Crippen LogP contribution in [0.1, 0.15) is 28.7 Å². The van der Waals surface area contributed by atoms with Crippen molar-refractivity contribution in [3.8, 4) is 0 Å². The molecule has 0 radical (unpaired) electrons. The summed E-state index contributed by atoms with van der Waals surface area (Å²) >= 11 is 1.25. The van der Waals surface area contributed by atoms with Gasteiger partial charge in [-0.1, -0.05) is 66.4 Å². The molecular weight excluding hydrogens is 374 g/mol. The van der Waals surface area contributed by atoms with E-state index in [2.05, 4.69) is 0 Å². The summed E-state index contributed by atoms with van der Waals surface area (Å²) in [5, 5.41) is 43.5. The predicted molar refractivity (Wildman–Crippen MR) is 109 cm³/mol. The Kier molecular flexibility index (Phi) is 7.06. The van der Waals surface area contributed by atoms with E-state index in [1.54, 1.807) is 42.5 Å². The lowest BCUT2D eigenvalue weighted by molar-refractivity contribution is -0.645. The highest BCUT2D eigenvalue weighted by molar-refractivity contribution is 7.99. The van der Waals surface area contributed by atoms with E-state index < -0.39 is 18.1 Å². The Bertz CT molecular complexity index is 873. The molecule has 28 heavy (non-hydrogen) atoms. The second kappa shape index (κ2) is 9.71. The van der Waals surface area contributed by atoms with Gasteiger partial charge in [0.25, 0.3) is 5.03 Å². The first-order valence-electron chi connectivity index (χ1n) is 9.02. The second-order valence-electron chi connectivity index (χ2n) is 6.52. The zero-order chi connectivity index (χ0) is 19.9. The Labute approximate surface area is 168 Å². The van der Waals surface area contributed by atoms with Crippen LogP contribution in [-0.4, -0.2) is 27.2 Å². The molecule has 0 aliphatic heterocycles. The van der Waals surface area contributed by atoms with Crippen LogP contribution in [0.2, 0.25) is 0 Å². The van der Waals surface area contributed by atoms with Crippen molar-refractivity contribution in [3.05, 3.63) is 101 Å². The van der Waals surface area contributed by atoms with Crippen LogP contribution in [0.4, 0.5) is 0 Å². The van der Waals surface area contributed by atoms with E-state index >= 15 is 0 Å². The molecule has 3 atom stereocenters. The minimum atomic E-state index is -0.930. The van der Waals surface area contributed by atoms with Crippen LogP contribution >= 0.6 is 11.8 Å². The first-order chi connectivity index (χ1) is 13.6. The number of nitrogens with zero attached hydrogens (tertiary/aromatic N) is 1. The van der Waals surface area contributed by atoms with Gasteiger partial charge in [-0.2, -0.15) is 4.73 Å². The van der Waals surface area contributed by atoms with Crippen molar-refractivity contribution in [2.24, 2.45) is 0 Å². The number of aliphatic hydroxyl groups is 3. The Hall–Kier alpha value is -2.38. The Morgan fingerprint density at radius 3 is 2.18 bits per heavy atom. The molecule has 1 heterocycles. The average molecular weight is 397 g/mol. The maximum absolute atomic E-state index is 11.8. The summed E-state index contributed by atoms with van der Waals surface area (Å²) in [5.74, 6) is -0.296. The standard InChI is InChI=1S/C22H23NO4S/c24-14-16-9-11-18(12-10-16)22(26)21(17-6-2-1-3-7-17)19(25)15-28-20-8-4-5-13-23(20)27/h1-13,19,21-22,24-26H,14-15H2. The normalized spacial score (nSPS) is 14.4. The number of thioether (sulfide) groups is 1. The van der Waals surface area contributed by atoms with Crippen molar-refractivity contribution in [1.29, 1.82) is 0 Å². The fourth-order valence-corrected chi connectivity index (χ4v) is 4.03. The monoisotopic (exact) mass is 397 g/mol. The van der Waals surface area contributed by atoms with Gasteiger partial charge in [-0.25, -0.2) is 0 Å². The number of aromatic nitrogens is 1. The molecule has 6 heteroatoms. The highest BCUT2D eigenvalue weighted by Crippen LogP contribution is 2.35. The SMILES string of the molecule is [O-][n+]1ccccc1SCC(O)C(c1ccccc1)C(O)c1ccc(CO)cc1. The Balaban J connectivity index is 1.82. The molecule has 0 spiro atoms. The zero-order valence-electron chi connectivity index (χ0n) is 15.3. The van der Waals surface area contributed by atoms with Crippen LogP contribution < -0.4 is 4.73 Å². The third-order valence-corrected chi connectivity index (χ3v) is 5.75. The first kappa shape index (κ1) is 20.4. The van der Waals surface area contributed by atoms with Gasteiger partial charge in [0, 0.05) is 23.8 Å². The molecule has 146 valence electrons. The topological polar surface area (TPSA) is 87.6 Å². The highest BCUT2D eigenvalue weighted by atomic mass is 32.2. The van der Waals surface area contributed by atoms with Gasteiger partial charge in [0.15, 0.2) is 6.20 Å². The molecule has 5 nitrogen and oxygen atoms in total. The minimum absolute atomic E-state index is 0.0655. The molecule has 3 aromatic rings. The Morgan fingerprint density at radius 1 is 0.857 bits per heavy atom. The van der Waals surface area contributed by atoms with E-state index in [0.717, 1.165) is 15.9 Å². The van der Waals surface area contributed by atoms with Crippen LogP contribution in [0, 0.1) is 5.21 Å². The molecule has 3 unspecified atom stereocenters. The molecule has 0 saturated carbocycles. The zero-order valence-corrected chi connectivity index (χ0v) is 16.1. The average Bonchev–Trinajstić information content (AvgIpc) is 2.74. The molecule has 0 amide bonds. The largest absolute Gasteiger partial charge is 0.618 e. The molecule has 0 aliphatic rings. The van der Waals surface area contributed by atoms with Crippen molar-refractivity contribution < 1.29 is 20.0 Å². The van der Waals surface area contributed by atoms with Crippen LogP contribution in [0.25, 0.3) is 0 Å². The smallest absolute Gasteiger partial charge is 0.251 e. The number of aliphatic hydroxyl groups excluding tert-OH is 3. The van der Waals surface area contributed by atoms with Crippen LogP contribution in [0.3, 0.4) is 0 Å². The molecule has 3 N–H and O–H groups in total. The fourth-order valence-electron chi connectivity index (χ4n) is 3.12.